The summed E-state index contributed by atoms with van der Waals surface area (Å²) in [6.07, 6.45) is 6.40. The van der Waals surface area contributed by atoms with Gasteiger partial charge in [-0.1, -0.05) is 0 Å². The Morgan fingerprint density at radius 2 is 1.76 bits per heavy atom. The van der Waals surface area contributed by atoms with Gasteiger partial charge in [0, 0.05) is 74.7 Å². The molecule has 0 saturated carbocycles. The normalized spacial score (nSPS) is 14.5. The fourth-order valence-electron chi connectivity index (χ4n) is 4.35. The molecule has 34 heavy (non-hydrogen) atoms. The maximum absolute atomic E-state index is 4.78. The molecule has 0 unspecified atom stereocenters. The molecule has 5 heterocycles. The van der Waals surface area contributed by atoms with E-state index in [-0.39, 0.29) is 0 Å². The quantitative estimate of drug-likeness (QED) is 0.477. The van der Waals surface area contributed by atoms with E-state index < -0.39 is 0 Å². The van der Waals surface area contributed by atoms with Gasteiger partial charge in [-0.3, -0.25) is 15.0 Å². The van der Waals surface area contributed by atoms with Crippen molar-refractivity contribution in [1.29, 1.82) is 0 Å². The van der Waals surface area contributed by atoms with Crippen molar-refractivity contribution in [3.05, 3.63) is 82.8 Å². The maximum atomic E-state index is 4.78. The van der Waals surface area contributed by atoms with Gasteiger partial charge in [0.1, 0.15) is 5.82 Å². The fourth-order valence-corrected chi connectivity index (χ4v) is 4.35. The summed E-state index contributed by atoms with van der Waals surface area (Å²) < 4.78 is 0. The van der Waals surface area contributed by atoms with Gasteiger partial charge in [0.25, 0.3) is 0 Å². The van der Waals surface area contributed by atoms with E-state index in [2.05, 4.69) is 55.1 Å². The van der Waals surface area contributed by atoms with Crippen LogP contribution >= 0.6 is 0 Å². The molecule has 5 rings (SSSR count). The zero-order valence-corrected chi connectivity index (χ0v) is 20.0. The number of pyridine rings is 2. The Kier molecular flexibility index (Phi) is 6.31. The third-order valence-electron chi connectivity index (χ3n) is 6.27. The molecular formula is C26H30N8. The average Bonchev–Trinajstić information content (AvgIpc) is 3.25. The first kappa shape index (κ1) is 22.2. The largest absolute Gasteiger partial charge is 0.354 e. The van der Waals surface area contributed by atoms with Crippen LogP contribution in [0.4, 0.5) is 5.82 Å². The Bertz CT molecular complexity index is 1260. The summed E-state index contributed by atoms with van der Waals surface area (Å²) in [5, 5.41) is 7.32. The number of aryl methyl sites for hydroxylation is 3. The van der Waals surface area contributed by atoms with Gasteiger partial charge in [-0.05, 0) is 62.2 Å². The summed E-state index contributed by atoms with van der Waals surface area (Å²) in [5.41, 5.74) is 7.46. The highest BCUT2D eigenvalue weighted by Gasteiger charge is 2.19. The molecule has 8 nitrogen and oxygen atoms in total. The number of anilines is 1. The van der Waals surface area contributed by atoms with Gasteiger partial charge in [-0.25, -0.2) is 15.0 Å². The lowest BCUT2D eigenvalue weighted by molar-refractivity contribution is 0.248. The molecule has 8 heteroatoms. The number of hydrogen-bond donors (Lipinski definition) is 1. The summed E-state index contributed by atoms with van der Waals surface area (Å²) in [5.74, 6) is 1.71. The van der Waals surface area contributed by atoms with Crippen molar-refractivity contribution in [2.45, 2.75) is 33.7 Å². The molecular weight excluding hydrogens is 424 g/mol. The van der Waals surface area contributed by atoms with Crippen molar-refractivity contribution in [2.75, 3.05) is 31.1 Å². The summed E-state index contributed by atoms with van der Waals surface area (Å²) in [6, 6.07) is 10.3. The van der Waals surface area contributed by atoms with E-state index in [0.29, 0.717) is 12.2 Å². The molecule has 4 aromatic rings. The minimum atomic E-state index is 0.676. The number of aromatic amines is 1. The molecule has 1 aliphatic heterocycles. The van der Waals surface area contributed by atoms with Gasteiger partial charge >= 0.3 is 0 Å². The van der Waals surface area contributed by atoms with Gasteiger partial charge in [-0.2, -0.15) is 5.10 Å². The predicted molar refractivity (Wildman–Crippen MR) is 133 cm³/mol. The van der Waals surface area contributed by atoms with Crippen LogP contribution in [-0.2, 0) is 13.0 Å². The molecule has 0 aromatic carbocycles. The van der Waals surface area contributed by atoms with Crippen LogP contribution in [0.15, 0.2) is 48.9 Å². The SMILES string of the molecule is Cc1cc(Cc2cc(C)[nH]n2)nc(-c2ccc(N3CCN(Cc4cnccc4C)CC3)nc2)n1. The molecule has 0 bridgehead atoms. The third kappa shape index (κ3) is 5.12. The Morgan fingerprint density at radius 1 is 0.912 bits per heavy atom. The van der Waals surface area contributed by atoms with Crippen LogP contribution in [0.2, 0.25) is 0 Å². The van der Waals surface area contributed by atoms with Crippen LogP contribution in [0.5, 0.6) is 0 Å². The lowest BCUT2D eigenvalue weighted by Crippen LogP contribution is -2.46. The number of rotatable bonds is 6. The number of aromatic nitrogens is 6. The minimum absolute atomic E-state index is 0.676. The minimum Gasteiger partial charge on any atom is -0.354 e. The topological polar surface area (TPSA) is 86.7 Å². The second-order valence-corrected chi connectivity index (χ2v) is 9.01. The highest BCUT2D eigenvalue weighted by atomic mass is 15.3. The van der Waals surface area contributed by atoms with E-state index in [1.165, 1.54) is 11.1 Å². The predicted octanol–water partition coefficient (Wildman–Crippen LogP) is 3.49. The van der Waals surface area contributed by atoms with Crippen molar-refractivity contribution in [2.24, 2.45) is 0 Å². The molecule has 174 valence electrons. The molecule has 0 amide bonds. The van der Waals surface area contributed by atoms with Crippen molar-refractivity contribution in [1.82, 2.24) is 35.0 Å². The smallest absolute Gasteiger partial charge is 0.161 e. The van der Waals surface area contributed by atoms with Gasteiger partial charge in [-0.15, -0.1) is 0 Å². The van der Waals surface area contributed by atoms with E-state index in [1.54, 1.807) is 0 Å². The number of piperazine rings is 1. The third-order valence-corrected chi connectivity index (χ3v) is 6.27. The van der Waals surface area contributed by atoms with Crippen LogP contribution in [0.25, 0.3) is 11.4 Å². The lowest BCUT2D eigenvalue weighted by Gasteiger charge is -2.35. The number of nitrogens with zero attached hydrogens (tertiary/aromatic N) is 7. The average molecular weight is 455 g/mol. The Labute approximate surface area is 200 Å². The Hall–Kier alpha value is -3.65. The zero-order chi connectivity index (χ0) is 23.5. The second-order valence-electron chi connectivity index (χ2n) is 9.01. The van der Waals surface area contributed by atoms with Crippen molar-refractivity contribution in [3.63, 3.8) is 0 Å². The van der Waals surface area contributed by atoms with E-state index in [0.717, 1.165) is 66.9 Å². The second kappa shape index (κ2) is 9.69. The fraction of sp³-hybridized carbons (Fsp3) is 0.346. The van der Waals surface area contributed by atoms with E-state index in [1.807, 2.05) is 44.6 Å². The van der Waals surface area contributed by atoms with Crippen LogP contribution in [-0.4, -0.2) is 61.2 Å². The molecule has 1 fully saturated rings. The zero-order valence-electron chi connectivity index (χ0n) is 20.0. The number of nitrogens with one attached hydrogen (secondary N) is 1. The standard InChI is InChI=1S/C26H30N8/c1-18-6-7-27-15-22(18)17-33-8-10-34(11-9-33)25-5-4-21(16-28-25)26-29-19(2)12-23(30-26)14-24-13-20(3)31-32-24/h4-7,12-13,15-16H,8-11,14,17H2,1-3H3,(H,31,32). The molecule has 0 atom stereocenters. The molecule has 1 N–H and O–H groups in total. The lowest BCUT2D eigenvalue weighted by atomic mass is 10.1. The number of hydrogen-bond acceptors (Lipinski definition) is 7. The highest BCUT2D eigenvalue weighted by molar-refractivity contribution is 5.57. The van der Waals surface area contributed by atoms with Crippen LogP contribution in [0, 0.1) is 20.8 Å². The van der Waals surface area contributed by atoms with Gasteiger partial charge in [0.2, 0.25) is 0 Å². The van der Waals surface area contributed by atoms with Crippen molar-refractivity contribution >= 4 is 5.82 Å². The maximum Gasteiger partial charge on any atom is 0.161 e. The highest BCUT2D eigenvalue weighted by Crippen LogP contribution is 2.21. The Morgan fingerprint density at radius 3 is 2.47 bits per heavy atom. The van der Waals surface area contributed by atoms with Gasteiger partial charge in [0.05, 0.1) is 11.4 Å². The van der Waals surface area contributed by atoms with Crippen LogP contribution in [0.3, 0.4) is 0 Å². The van der Waals surface area contributed by atoms with Gasteiger partial charge < -0.3 is 4.90 Å². The molecule has 0 spiro atoms. The monoisotopic (exact) mass is 454 g/mol. The summed E-state index contributed by atoms with van der Waals surface area (Å²) >= 11 is 0. The van der Waals surface area contributed by atoms with E-state index >= 15 is 0 Å². The van der Waals surface area contributed by atoms with Crippen LogP contribution in [0.1, 0.15) is 33.9 Å². The van der Waals surface area contributed by atoms with Crippen molar-refractivity contribution in [3.8, 4) is 11.4 Å². The molecule has 1 aliphatic rings. The van der Waals surface area contributed by atoms with E-state index in [4.69, 9.17) is 9.97 Å². The van der Waals surface area contributed by atoms with Crippen molar-refractivity contribution < 1.29 is 0 Å². The molecule has 1 saturated heterocycles. The van der Waals surface area contributed by atoms with Gasteiger partial charge in [0.15, 0.2) is 5.82 Å². The van der Waals surface area contributed by atoms with Crippen LogP contribution < -0.4 is 4.90 Å². The number of H-pyrrole nitrogens is 1. The first-order valence-electron chi connectivity index (χ1n) is 11.7. The summed E-state index contributed by atoms with van der Waals surface area (Å²) in [4.78, 5) is 23.3. The molecule has 0 radical (unpaired) electrons. The first-order chi connectivity index (χ1) is 16.5. The summed E-state index contributed by atoms with van der Waals surface area (Å²) in [6.45, 7) is 11.0. The molecule has 0 aliphatic carbocycles. The first-order valence-corrected chi connectivity index (χ1v) is 11.7. The Balaban J connectivity index is 1.23. The molecule has 4 aromatic heterocycles. The summed E-state index contributed by atoms with van der Waals surface area (Å²) in [7, 11) is 0. The van der Waals surface area contributed by atoms with E-state index in [9.17, 15) is 0 Å².